The number of rotatable bonds is 7. The first-order valence-electron chi connectivity index (χ1n) is 9.91. The maximum absolute atomic E-state index is 13.3. The molecule has 1 amide bonds. The summed E-state index contributed by atoms with van der Waals surface area (Å²) in [4.78, 5) is 23.6. The normalized spacial score (nSPS) is 11.5. The molecule has 0 aliphatic heterocycles. The summed E-state index contributed by atoms with van der Waals surface area (Å²) in [5, 5.41) is 0.886. The average Bonchev–Trinajstić information content (AvgIpc) is 3.27. The van der Waals surface area contributed by atoms with Gasteiger partial charge in [0, 0.05) is 6.20 Å². The van der Waals surface area contributed by atoms with E-state index >= 15 is 0 Å². The zero-order chi connectivity index (χ0) is 23.6. The van der Waals surface area contributed by atoms with E-state index in [4.69, 9.17) is 16.3 Å². The van der Waals surface area contributed by atoms with Gasteiger partial charge in [-0.25, -0.2) is 13.4 Å². The van der Waals surface area contributed by atoms with Gasteiger partial charge in [-0.2, -0.15) is 0 Å². The first kappa shape index (κ1) is 23.2. The van der Waals surface area contributed by atoms with Crippen LogP contribution in [0.4, 0.5) is 5.13 Å². The van der Waals surface area contributed by atoms with Gasteiger partial charge in [-0.05, 0) is 55.0 Å². The minimum Gasteiger partial charge on any atom is -0.497 e. The Bertz CT molecular complexity index is 1370. The van der Waals surface area contributed by atoms with Crippen molar-refractivity contribution in [3.8, 4) is 5.75 Å². The van der Waals surface area contributed by atoms with Crippen LogP contribution in [0, 0.1) is 6.92 Å². The number of thiazole rings is 1. The standard InChI is InChI=1S/C23H20ClN3O4S2/c1-15-6-11-19(24)22-21(15)26-23(32-22)27(13-16-5-3-4-12-25-16)20(28)14-33(29,30)18-9-7-17(31-2)8-10-18/h3-12H,13-14H2,1-2H3. The Labute approximate surface area is 200 Å². The lowest BCUT2D eigenvalue weighted by atomic mass is 10.2. The highest BCUT2D eigenvalue weighted by Gasteiger charge is 2.27. The van der Waals surface area contributed by atoms with E-state index in [1.165, 1.54) is 35.5 Å². The van der Waals surface area contributed by atoms with E-state index in [2.05, 4.69) is 9.97 Å². The second-order valence-corrected chi connectivity index (χ2v) is 10.6. The van der Waals surface area contributed by atoms with Crippen molar-refractivity contribution in [2.24, 2.45) is 0 Å². The topological polar surface area (TPSA) is 89.5 Å². The van der Waals surface area contributed by atoms with Gasteiger partial charge in [-0.3, -0.25) is 14.7 Å². The van der Waals surface area contributed by atoms with Crippen molar-refractivity contribution in [3.63, 3.8) is 0 Å². The van der Waals surface area contributed by atoms with Gasteiger partial charge in [0.15, 0.2) is 15.0 Å². The molecule has 170 valence electrons. The van der Waals surface area contributed by atoms with Crippen molar-refractivity contribution in [3.05, 3.63) is 77.1 Å². The summed E-state index contributed by atoms with van der Waals surface area (Å²) in [6.07, 6.45) is 1.62. The number of hydrogen-bond acceptors (Lipinski definition) is 7. The van der Waals surface area contributed by atoms with E-state index in [9.17, 15) is 13.2 Å². The van der Waals surface area contributed by atoms with Gasteiger partial charge < -0.3 is 4.74 Å². The Balaban J connectivity index is 1.71. The summed E-state index contributed by atoms with van der Waals surface area (Å²) in [7, 11) is -2.40. The van der Waals surface area contributed by atoms with E-state index in [1.54, 1.807) is 42.6 Å². The molecule has 2 aromatic heterocycles. The molecule has 10 heteroatoms. The third-order valence-corrected chi connectivity index (χ3v) is 8.15. The SMILES string of the molecule is COc1ccc(S(=O)(=O)CC(=O)N(Cc2ccccn2)c2nc3c(C)ccc(Cl)c3s2)cc1. The van der Waals surface area contributed by atoms with Crippen molar-refractivity contribution in [2.75, 3.05) is 17.8 Å². The number of pyridine rings is 1. The van der Waals surface area contributed by atoms with Crippen LogP contribution in [0.25, 0.3) is 10.2 Å². The van der Waals surface area contributed by atoms with E-state index in [-0.39, 0.29) is 11.4 Å². The van der Waals surface area contributed by atoms with Gasteiger partial charge in [0.25, 0.3) is 0 Å². The zero-order valence-corrected chi connectivity index (χ0v) is 20.2. The van der Waals surface area contributed by atoms with Crippen LogP contribution >= 0.6 is 22.9 Å². The number of halogens is 1. The summed E-state index contributed by atoms with van der Waals surface area (Å²) in [5.74, 6) is -0.794. The van der Waals surface area contributed by atoms with E-state index in [1.807, 2.05) is 13.0 Å². The number of aryl methyl sites for hydroxylation is 1. The Morgan fingerprint density at radius 1 is 1.12 bits per heavy atom. The molecule has 2 heterocycles. The molecule has 33 heavy (non-hydrogen) atoms. The molecule has 0 fully saturated rings. The van der Waals surface area contributed by atoms with Crippen molar-refractivity contribution >= 4 is 54.0 Å². The quantitative estimate of drug-likeness (QED) is 0.365. The van der Waals surface area contributed by atoms with Crippen molar-refractivity contribution in [1.82, 2.24) is 9.97 Å². The fourth-order valence-corrected chi connectivity index (χ4v) is 5.76. The highest BCUT2D eigenvalue weighted by Crippen LogP contribution is 2.36. The first-order valence-corrected chi connectivity index (χ1v) is 12.8. The summed E-state index contributed by atoms with van der Waals surface area (Å²) in [6, 6.07) is 14.9. The number of anilines is 1. The van der Waals surface area contributed by atoms with Crippen LogP contribution in [0.2, 0.25) is 5.02 Å². The molecule has 0 radical (unpaired) electrons. The fourth-order valence-electron chi connectivity index (χ4n) is 3.23. The molecule has 2 aromatic carbocycles. The Hall–Kier alpha value is -3.01. The number of sulfone groups is 1. The number of carbonyl (C=O) groups is 1. The minimum atomic E-state index is -3.89. The van der Waals surface area contributed by atoms with Gasteiger partial charge in [0.1, 0.15) is 11.5 Å². The minimum absolute atomic E-state index is 0.0395. The number of nitrogens with zero attached hydrogens (tertiary/aromatic N) is 3. The van der Waals surface area contributed by atoms with Crippen molar-refractivity contribution in [2.45, 2.75) is 18.4 Å². The lowest BCUT2D eigenvalue weighted by Crippen LogP contribution is -2.35. The van der Waals surface area contributed by atoms with Crippen LogP contribution in [0.15, 0.2) is 65.7 Å². The maximum atomic E-state index is 13.3. The van der Waals surface area contributed by atoms with Crippen LogP contribution in [-0.4, -0.2) is 37.2 Å². The van der Waals surface area contributed by atoms with Crippen molar-refractivity contribution in [1.29, 1.82) is 0 Å². The van der Waals surface area contributed by atoms with E-state index in [0.717, 1.165) is 10.3 Å². The predicted octanol–water partition coefficient (Wildman–Crippen LogP) is 4.67. The number of benzene rings is 2. The van der Waals surface area contributed by atoms with Crippen LogP contribution < -0.4 is 9.64 Å². The molecule has 4 rings (SSSR count). The number of aromatic nitrogens is 2. The van der Waals surface area contributed by atoms with Crippen LogP contribution in [-0.2, 0) is 21.2 Å². The van der Waals surface area contributed by atoms with Gasteiger partial charge in [-0.15, -0.1) is 0 Å². The Morgan fingerprint density at radius 2 is 1.88 bits per heavy atom. The number of fused-ring (bicyclic) bond motifs is 1. The zero-order valence-electron chi connectivity index (χ0n) is 17.9. The van der Waals surface area contributed by atoms with Crippen molar-refractivity contribution < 1.29 is 17.9 Å². The summed E-state index contributed by atoms with van der Waals surface area (Å²) >= 11 is 7.59. The summed E-state index contributed by atoms with van der Waals surface area (Å²) in [5.41, 5.74) is 2.20. The molecule has 0 spiro atoms. The molecule has 0 unspecified atom stereocenters. The van der Waals surface area contributed by atoms with Gasteiger partial charge in [0.2, 0.25) is 5.91 Å². The monoisotopic (exact) mass is 501 g/mol. The molecule has 0 saturated carbocycles. The smallest absolute Gasteiger partial charge is 0.244 e. The van der Waals surface area contributed by atoms with E-state index < -0.39 is 21.5 Å². The first-order chi connectivity index (χ1) is 15.8. The fraction of sp³-hybridized carbons (Fsp3) is 0.174. The third-order valence-electron chi connectivity index (χ3n) is 5.00. The lowest BCUT2D eigenvalue weighted by molar-refractivity contribution is -0.116. The average molecular weight is 502 g/mol. The molecule has 0 bridgehead atoms. The second kappa shape index (κ2) is 9.46. The molecular weight excluding hydrogens is 482 g/mol. The van der Waals surface area contributed by atoms with Gasteiger partial charge in [-0.1, -0.05) is 35.1 Å². The molecule has 0 saturated heterocycles. The highest BCUT2D eigenvalue weighted by atomic mass is 35.5. The Kier molecular flexibility index (Phi) is 6.64. The van der Waals surface area contributed by atoms with Crippen LogP contribution in [0.1, 0.15) is 11.3 Å². The molecule has 7 nitrogen and oxygen atoms in total. The second-order valence-electron chi connectivity index (χ2n) is 7.27. The maximum Gasteiger partial charge on any atom is 0.244 e. The number of amides is 1. The molecule has 0 N–H and O–H groups in total. The van der Waals surface area contributed by atoms with Gasteiger partial charge >= 0.3 is 0 Å². The van der Waals surface area contributed by atoms with Crippen LogP contribution in [0.5, 0.6) is 5.75 Å². The summed E-state index contributed by atoms with van der Waals surface area (Å²) in [6.45, 7) is 1.98. The third kappa shape index (κ3) is 5.00. The number of ether oxygens (including phenoxy) is 1. The number of methoxy groups -OCH3 is 1. The molecule has 4 aromatic rings. The Morgan fingerprint density at radius 3 is 2.52 bits per heavy atom. The van der Waals surface area contributed by atoms with Gasteiger partial charge in [0.05, 0.1) is 39.5 Å². The lowest BCUT2D eigenvalue weighted by Gasteiger charge is -2.19. The molecular formula is C23H20ClN3O4S2. The predicted molar refractivity (Wildman–Crippen MR) is 130 cm³/mol. The molecule has 0 atom stereocenters. The molecule has 0 aliphatic rings. The number of hydrogen-bond donors (Lipinski definition) is 0. The van der Waals surface area contributed by atoms with Crippen LogP contribution in [0.3, 0.4) is 0 Å². The number of carbonyl (C=O) groups excluding carboxylic acids is 1. The molecule has 0 aliphatic carbocycles. The van der Waals surface area contributed by atoms with E-state index in [0.29, 0.717) is 27.1 Å². The summed E-state index contributed by atoms with van der Waals surface area (Å²) < 4.78 is 31.8. The largest absolute Gasteiger partial charge is 0.497 e. The highest BCUT2D eigenvalue weighted by molar-refractivity contribution is 7.92.